The number of ether oxygens (including phenoxy) is 1. The van der Waals surface area contributed by atoms with Crippen molar-refractivity contribution in [1.29, 1.82) is 0 Å². The maximum absolute atomic E-state index is 12.8. The molecule has 0 fully saturated rings. The quantitative estimate of drug-likeness (QED) is 0.444. The maximum atomic E-state index is 12.8. The topological polar surface area (TPSA) is 48.2 Å². The van der Waals surface area contributed by atoms with Crippen LogP contribution < -0.4 is 4.74 Å². The van der Waals surface area contributed by atoms with Crippen LogP contribution in [0.5, 0.6) is 5.75 Å². The van der Waals surface area contributed by atoms with Gasteiger partial charge in [-0.1, -0.05) is 42.1 Å². The first-order chi connectivity index (χ1) is 11.8. The normalized spacial score (nSPS) is 10.7. The van der Waals surface area contributed by atoms with Crippen molar-refractivity contribution >= 4 is 11.8 Å². The Bertz CT molecular complexity index is 747. The number of aryl methyl sites for hydroxylation is 1. The zero-order valence-electron chi connectivity index (χ0n) is 13.0. The van der Waals surface area contributed by atoms with Crippen LogP contribution in [0.2, 0.25) is 0 Å². The molecule has 0 aliphatic rings. The summed E-state index contributed by atoms with van der Waals surface area (Å²) in [5, 5.41) is 8.48. The van der Waals surface area contributed by atoms with Gasteiger partial charge in [0.2, 0.25) is 0 Å². The van der Waals surface area contributed by atoms with Gasteiger partial charge in [-0.05, 0) is 42.7 Å². The zero-order valence-corrected chi connectivity index (χ0v) is 13.8. The van der Waals surface area contributed by atoms with Gasteiger partial charge in [0.1, 0.15) is 11.6 Å². The molecule has 24 heavy (non-hydrogen) atoms. The summed E-state index contributed by atoms with van der Waals surface area (Å²) in [6.07, 6.45) is 2.07. The first kappa shape index (κ1) is 16.5. The minimum Gasteiger partial charge on any atom is -0.484 e. The number of thioether (sulfide) groups is 1. The van der Waals surface area contributed by atoms with Gasteiger partial charge in [-0.25, -0.2) is 4.39 Å². The second kappa shape index (κ2) is 8.49. The van der Waals surface area contributed by atoms with Gasteiger partial charge in [-0.3, -0.25) is 0 Å². The monoisotopic (exact) mass is 344 g/mol. The fourth-order valence-electron chi connectivity index (χ4n) is 2.11. The maximum Gasteiger partial charge on any atom is 0.276 e. The van der Waals surface area contributed by atoms with E-state index in [0.717, 1.165) is 18.6 Å². The lowest BCUT2D eigenvalue weighted by molar-refractivity contribution is 0.252. The van der Waals surface area contributed by atoms with Crippen molar-refractivity contribution in [2.24, 2.45) is 0 Å². The van der Waals surface area contributed by atoms with Crippen LogP contribution in [0.1, 0.15) is 17.9 Å². The summed E-state index contributed by atoms with van der Waals surface area (Å²) >= 11 is 1.54. The molecule has 0 bridgehead atoms. The van der Waals surface area contributed by atoms with E-state index in [1.807, 2.05) is 18.2 Å². The van der Waals surface area contributed by atoms with Crippen LogP contribution in [0, 0.1) is 5.82 Å². The molecule has 0 saturated heterocycles. The Morgan fingerprint density at radius 2 is 1.79 bits per heavy atom. The highest BCUT2D eigenvalue weighted by Gasteiger charge is 2.07. The summed E-state index contributed by atoms with van der Waals surface area (Å²) in [6.45, 7) is 0.170. The Kier molecular flexibility index (Phi) is 5.85. The van der Waals surface area contributed by atoms with Crippen LogP contribution in [0.15, 0.2) is 64.2 Å². The van der Waals surface area contributed by atoms with Crippen molar-refractivity contribution in [3.05, 3.63) is 71.9 Å². The fraction of sp³-hybridized carbons (Fsp3) is 0.222. The summed E-state index contributed by atoms with van der Waals surface area (Å²) in [5.41, 5.74) is 1.33. The molecule has 3 rings (SSSR count). The minimum absolute atomic E-state index is 0.170. The Labute approximate surface area is 144 Å². The second-order valence-electron chi connectivity index (χ2n) is 5.14. The molecule has 0 N–H and O–H groups in total. The third-order valence-electron chi connectivity index (χ3n) is 3.30. The van der Waals surface area contributed by atoms with Crippen molar-refractivity contribution in [3.8, 4) is 5.75 Å². The van der Waals surface area contributed by atoms with Gasteiger partial charge in [-0.15, -0.1) is 10.2 Å². The van der Waals surface area contributed by atoms with Crippen molar-refractivity contribution in [3.63, 3.8) is 0 Å². The van der Waals surface area contributed by atoms with Gasteiger partial charge in [0.05, 0.1) is 0 Å². The van der Waals surface area contributed by atoms with Crippen LogP contribution in [-0.2, 0) is 13.0 Å². The highest BCUT2D eigenvalue weighted by Crippen LogP contribution is 2.19. The average Bonchev–Trinajstić information content (AvgIpc) is 3.07. The van der Waals surface area contributed by atoms with Gasteiger partial charge in [-0.2, -0.15) is 0 Å². The number of hydrogen-bond donors (Lipinski definition) is 0. The largest absolute Gasteiger partial charge is 0.484 e. The van der Waals surface area contributed by atoms with Crippen LogP contribution in [0.3, 0.4) is 0 Å². The summed E-state index contributed by atoms with van der Waals surface area (Å²) in [4.78, 5) is 0. The first-order valence-electron chi connectivity index (χ1n) is 7.67. The van der Waals surface area contributed by atoms with Gasteiger partial charge < -0.3 is 9.15 Å². The number of rotatable bonds is 8. The Morgan fingerprint density at radius 1 is 1.00 bits per heavy atom. The lowest BCUT2D eigenvalue weighted by Gasteiger charge is -2.02. The lowest BCUT2D eigenvalue weighted by atomic mass is 10.1. The number of aromatic nitrogens is 2. The minimum atomic E-state index is -0.297. The zero-order chi connectivity index (χ0) is 16.6. The van der Waals surface area contributed by atoms with E-state index in [9.17, 15) is 4.39 Å². The molecule has 6 heteroatoms. The van der Waals surface area contributed by atoms with Crippen molar-refractivity contribution in [2.75, 3.05) is 5.75 Å². The highest BCUT2D eigenvalue weighted by molar-refractivity contribution is 7.99. The van der Waals surface area contributed by atoms with E-state index in [1.165, 1.54) is 29.5 Å². The summed E-state index contributed by atoms with van der Waals surface area (Å²) < 4.78 is 23.8. The molecule has 0 aliphatic heterocycles. The van der Waals surface area contributed by atoms with Crippen LogP contribution in [0.25, 0.3) is 0 Å². The van der Waals surface area contributed by atoms with E-state index < -0.39 is 0 Å². The van der Waals surface area contributed by atoms with Crippen LogP contribution in [0.4, 0.5) is 4.39 Å². The van der Waals surface area contributed by atoms with Crippen molar-refractivity contribution < 1.29 is 13.5 Å². The Morgan fingerprint density at radius 3 is 2.58 bits per heavy atom. The molecular formula is C18H17FN2O2S. The van der Waals surface area contributed by atoms with E-state index in [2.05, 4.69) is 22.3 Å². The third kappa shape index (κ3) is 5.09. The molecule has 0 amide bonds. The van der Waals surface area contributed by atoms with E-state index in [4.69, 9.17) is 9.15 Å². The molecule has 3 aromatic rings. The molecule has 0 saturated carbocycles. The summed E-state index contributed by atoms with van der Waals surface area (Å²) in [7, 11) is 0. The van der Waals surface area contributed by atoms with Crippen molar-refractivity contribution in [2.45, 2.75) is 24.7 Å². The molecule has 0 aliphatic carbocycles. The first-order valence-corrected chi connectivity index (χ1v) is 8.65. The fourth-order valence-corrected chi connectivity index (χ4v) is 2.83. The summed E-state index contributed by atoms with van der Waals surface area (Å²) in [6, 6.07) is 16.2. The second-order valence-corrected chi connectivity index (χ2v) is 6.19. The van der Waals surface area contributed by atoms with Crippen molar-refractivity contribution in [1.82, 2.24) is 10.2 Å². The number of hydrogen-bond acceptors (Lipinski definition) is 5. The van der Waals surface area contributed by atoms with Crippen LogP contribution in [-0.4, -0.2) is 16.0 Å². The van der Waals surface area contributed by atoms with E-state index >= 15 is 0 Å². The molecule has 0 spiro atoms. The lowest BCUT2D eigenvalue weighted by Crippen LogP contribution is -1.95. The number of benzene rings is 2. The molecule has 0 unspecified atom stereocenters. The molecule has 4 nitrogen and oxygen atoms in total. The number of halogens is 1. The van der Waals surface area contributed by atoms with E-state index in [1.54, 1.807) is 12.1 Å². The average molecular weight is 344 g/mol. The highest BCUT2D eigenvalue weighted by atomic mass is 32.2. The van der Waals surface area contributed by atoms with Gasteiger partial charge >= 0.3 is 0 Å². The predicted octanol–water partition coefficient (Wildman–Crippen LogP) is 4.51. The summed E-state index contributed by atoms with van der Waals surface area (Å²) in [5.74, 6) is 1.58. The molecule has 1 heterocycles. The molecule has 1 aromatic heterocycles. The van der Waals surface area contributed by atoms with Gasteiger partial charge in [0.15, 0.2) is 6.61 Å². The molecule has 2 aromatic carbocycles. The Balaban J connectivity index is 1.39. The molecule has 124 valence electrons. The SMILES string of the molecule is Fc1ccc(OCc2nnc(SCCCc3ccccc3)o2)cc1. The van der Waals surface area contributed by atoms with E-state index in [0.29, 0.717) is 16.9 Å². The standard InChI is InChI=1S/C18H17FN2O2S/c19-15-8-10-16(11-9-15)22-13-17-20-21-18(23-17)24-12-4-7-14-5-2-1-3-6-14/h1-3,5-6,8-11H,4,7,12-13H2. The van der Waals surface area contributed by atoms with Gasteiger partial charge in [0, 0.05) is 5.75 Å². The predicted molar refractivity (Wildman–Crippen MR) is 90.5 cm³/mol. The molecule has 0 radical (unpaired) electrons. The molecule has 0 atom stereocenters. The third-order valence-corrected chi connectivity index (χ3v) is 4.21. The van der Waals surface area contributed by atoms with Crippen LogP contribution >= 0.6 is 11.8 Å². The Hall–Kier alpha value is -2.34. The number of nitrogens with zero attached hydrogens (tertiary/aromatic N) is 2. The molecular weight excluding hydrogens is 327 g/mol. The van der Waals surface area contributed by atoms with E-state index in [-0.39, 0.29) is 12.4 Å². The van der Waals surface area contributed by atoms with Gasteiger partial charge in [0.25, 0.3) is 11.1 Å². The smallest absolute Gasteiger partial charge is 0.276 e.